The number of aryl methyl sites for hydroxylation is 1. The zero-order valence-corrected chi connectivity index (χ0v) is 13.8. The number of allylic oxidation sites excluding steroid dienone is 1. The Labute approximate surface area is 139 Å². The number of fused-ring (bicyclic) bond motifs is 1. The van der Waals surface area contributed by atoms with E-state index in [0.29, 0.717) is 18.7 Å². The van der Waals surface area contributed by atoms with E-state index in [1.807, 2.05) is 19.2 Å². The second-order valence-corrected chi connectivity index (χ2v) is 6.71. The second kappa shape index (κ2) is 5.58. The van der Waals surface area contributed by atoms with E-state index in [-0.39, 0.29) is 12.0 Å². The Morgan fingerprint density at radius 2 is 2.12 bits per heavy atom. The van der Waals surface area contributed by atoms with Crippen LogP contribution in [0.25, 0.3) is 5.52 Å². The van der Waals surface area contributed by atoms with Crippen molar-refractivity contribution in [3.63, 3.8) is 0 Å². The number of nitrogens with one attached hydrogen (secondary N) is 1. The highest BCUT2D eigenvalue weighted by atomic mass is 19.1. The summed E-state index contributed by atoms with van der Waals surface area (Å²) in [7, 11) is 0. The van der Waals surface area contributed by atoms with Crippen LogP contribution in [0.3, 0.4) is 0 Å². The van der Waals surface area contributed by atoms with E-state index in [1.165, 1.54) is 0 Å². The largest absolute Gasteiger partial charge is 0.351 e. The molecule has 0 unspecified atom stereocenters. The lowest BCUT2D eigenvalue weighted by molar-refractivity contribution is -0.119. The Morgan fingerprint density at radius 3 is 2.83 bits per heavy atom. The summed E-state index contributed by atoms with van der Waals surface area (Å²) >= 11 is 0. The molecule has 1 saturated heterocycles. The number of halogens is 1. The lowest BCUT2D eigenvalue weighted by Crippen LogP contribution is -2.60. The molecule has 2 aromatic rings. The molecule has 2 aliphatic rings. The smallest absolute Gasteiger partial charge is 0.280 e. The maximum absolute atomic E-state index is 14.1. The molecular weight excluding hydrogens is 309 g/mol. The van der Waals surface area contributed by atoms with Crippen LogP contribution in [0.15, 0.2) is 29.9 Å². The highest BCUT2D eigenvalue weighted by Crippen LogP contribution is 2.38. The van der Waals surface area contributed by atoms with Gasteiger partial charge in [-0.3, -0.25) is 4.79 Å². The third-order valence-electron chi connectivity index (χ3n) is 4.74. The first-order chi connectivity index (χ1) is 11.5. The van der Waals surface area contributed by atoms with Crippen LogP contribution in [0, 0.1) is 12.8 Å². The molecule has 0 aromatic carbocycles. The molecule has 7 heteroatoms. The molecular formula is C17H20FN5O. The monoisotopic (exact) mass is 329 g/mol. The molecule has 1 aliphatic heterocycles. The Bertz CT molecular complexity index is 833. The molecule has 1 aliphatic carbocycles. The fourth-order valence-electron chi connectivity index (χ4n) is 3.14. The molecule has 6 nitrogen and oxygen atoms in total. The van der Waals surface area contributed by atoms with Crippen LogP contribution in [0.5, 0.6) is 0 Å². The van der Waals surface area contributed by atoms with Gasteiger partial charge in [0.25, 0.3) is 5.91 Å². The van der Waals surface area contributed by atoms with E-state index >= 15 is 0 Å². The Hall–Kier alpha value is -2.44. The van der Waals surface area contributed by atoms with Gasteiger partial charge in [0.1, 0.15) is 5.52 Å². The van der Waals surface area contributed by atoms with Gasteiger partial charge in [0.2, 0.25) is 0 Å². The number of amides is 1. The standard InChI is InChI=1S/C17H20FN5O/c1-10-7-14-16(19-5-6-23(14)21-10)22-8-13(9-22)20-17(24)15(18)11(2)12-3-4-12/h5-7,12-13H,3-4,8-9H2,1-2H3,(H,20,24)/b15-11-. The Morgan fingerprint density at radius 1 is 1.38 bits per heavy atom. The third kappa shape index (κ3) is 2.64. The quantitative estimate of drug-likeness (QED) is 0.872. The first-order valence-electron chi connectivity index (χ1n) is 8.26. The summed E-state index contributed by atoms with van der Waals surface area (Å²) in [5.41, 5.74) is 2.46. The van der Waals surface area contributed by atoms with Crippen LogP contribution in [0.2, 0.25) is 0 Å². The van der Waals surface area contributed by atoms with Crippen LogP contribution in [-0.2, 0) is 4.79 Å². The first kappa shape index (κ1) is 15.1. The summed E-state index contributed by atoms with van der Waals surface area (Å²) < 4.78 is 15.9. The van der Waals surface area contributed by atoms with E-state index < -0.39 is 11.7 Å². The zero-order chi connectivity index (χ0) is 16.8. The van der Waals surface area contributed by atoms with Crippen LogP contribution in [0.4, 0.5) is 10.2 Å². The molecule has 3 heterocycles. The highest BCUT2D eigenvalue weighted by molar-refractivity contribution is 5.92. The minimum atomic E-state index is -0.609. The number of carbonyl (C=O) groups excluding carboxylic acids is 1. The molecule has 4 rings (SSSR count). The fourth-order valence-corrected chi connectivity index (χ4v) is 3.14. The molecule has 126 valence electrons. The second-order valence-electron chi connectivity index (χ2n) is 6.71. The molecule has 0 radical (unpaired) electrons. The van der Waals surface area contributed by atoms with Gasteiger partial charge in [-0.15, -0.1) is 0 Å². The van der Waals surface area contributed by atoms with E-state index in [1.54, 1.807) is 17.6 Å². The summed E-state index contributed by atoms with van der Waals surface area (Å²) in [5.74, 6) is -0.0904. The van der Waals surface area contributed by atoms with Crippen LogP contribution >= 0.6 is 0 Å². The molecule has 2 fully saturated rings. The topological polar surface area (TPSA) is 62.5 Å². The molecule has 2 aromatic heterocycles. The number of carbonyl (C=O) groups is 1. The SMILES string of the molecule is C/C(=C(/F)C(=O)NC1CN(c2nccn3nc(C)cc23)C1)C1CC1. The predicted octanol–water partition coefficient (Wildman–Crippen LogP) is 2.00. The van der Waals surface area contributed by atoms with Gasteiger partial charge in [-0.05, 0) is 44.2 Å². The molecule has 0 spiro atoms. The van der Waals surface area contributed by atoms with Crippen molar-refractivity contribution in [1.82, 2.24) is 19.9 Å². The first-order valence-corrected chi connectivity index (χ1v) is 8.26. The lowest BCUT2D eigenvalue weighted by Gasteiger charge is -2.40. The average Bonchev–Trinajstić information content (AvgIpc) is 3.29. The summed E-state index contributed by atoms with van der Waals surface area (Å²) in [4.78, 5) is 18.5. The maximum Gasteiger partial charge on any atom is 0.280 e. The van der Waals surface area contributed by atoms with Crippen LogP contribution in [-0.4, -0.2) is 39.6 Å². The third-order valence-corrected chi connectivity index (χ3v) is 4.74. The molecule has 1 saturated carbocycles. The van der Waals surface area contributed by atoms with E-state index in [4.69, 9.17) is 0 Å². The maximum atomic E-state index is 14.1. The molecule has 0 atom stereocenters. The fraction of sp³-hybridized carbons (Fsp3) is 0.471. The molecule has 1 amide bonds. The van der Waals surface area contributed by atoms with E-state index in [2.05, 4.69) is 20.3 Å². The number of hydrogen-bond donors (Lipinski definition) is 1. The summed E-state index contributed by atoms with van der Waals surface area (Å²) in [6, 6.07) is 1.93. The normalized spacial score (nSPS) is 19.2. The predicted molar refractivity (Wildman–Crippen MR) is 88.4 cm³/mol. The van der Waals surface area contributed by atoms with Gasteiger partial charge in [-0.25, -0.2) is 13.9 Å². The van der Waals surface area contributed by atoms with E-state index in [0.717, 1.165) is 29.9 Å². The minimum absolute atomic E-state index is 0.0543. The van der Waals surface area contributed by atoms with Crippen molar-refractivity contribution in [2.24, 2.45) is 5.92 Å². The molecule has 0 bridgehead atoms. The summed E-state index contributed by atoms with van der Waals surface area (Å²) in [6.45, 7) is 4.90. The summed E-state index contributed by atoms with van der Waals surface area (Å²) in [5, 5.41) is 7.14. The number of rotatable bonds is 4. The van der Waals surface area contributed by atoms with Gasteiger partial charge in [-0.2, -0.15) is 5.10 Å². The van der Waals surface area contributed by atoms with Gasteiger partial charge in [0, 0.05) is 25.5 Å². The van der Waals surface area contributed by atoms with Crippen molar-refractivity contribution in [1.29, 1.82) is 0 Å². The average molecular weight is 329 g/mol. The van der Waals surface area contributed by atoms with Gasteiger partial charge >= 0.3 is 0 Å². The van der Waals surface area contributed by atoms with Crippen molar-refractivity contribution >= 4 is 17.2 Å². The van der Waals surface area contributed by atoms with Crippen molar-refractivity contribution in [3.8, 4) is 0 Å². The van der Waals surface area contributed by atoms with Crippen LogP contribution in [0.1, 0.15) is 25.5 Å². The number of nitrogens with zero attached hydrogens (tertiary/aromatic N) is 4. The van der Waals surface area contributed by atoms with Gasteiger partial charge in [0.05, 0.1) is 11.7 Å². The number of aromatic nitrogens is 3. The number of anilines is 1. The van der Waals surface area contributed by atoms with Gasteiger partial charge in [0.15, 0.2) is 11.6 Å². The van der Waals surface area contributed by atoms with Gasteiger partial charge in [-0.1, -0.05) is 0 Å². The van der Waals surface area contributed by atoms with Gasteiger partial charge < -0.3 is 10.2 Å². The lowest BCUT2D eigenvalue weighted by atomic mass is 10.1. The zero-order valence-electron chi connectivity index (χ0n) is 13.8. The molecule has 1 N–H and O–H groups in total. The number of hydrogen-bond acceptors (Lipinski definition) is 4. The van der Waals surface area contributed by atoms with Crippen molar-refractivity contribution in [3.05, 3.63) is 35.6 Å². The Balaban J connectivity index is 1.41. The molecule has 24 heavy (non-hydrogen) atoms. The highest BCUT2D eigenvalue weighted by Gasteiger charge is 2.33. The minimum Gasteiger partial charge on any atom is -0.351 e. The van der Waals surface area contributed by atoms with Crippen LogP contribution < -0.4 is 10.2 Å². The summed E-state index contributed by atoms with van der Waals surface area (Å²) in [6.07, 6.45) is 5.50. The van der Waals surface area contributed by atoms with Crippen molar-refractivity contribution < 1.29 is 9.18 Å². The van der Waals surface area contributed by atoms with Crippen molar-refractivity contribution in [2.75, 3.05) is 18.0 Å². The Kier molecular flexibility index (Phi) is 3.51. The van der Waals surface area contributed by atoms with E-state index in [9.17, 15) is 9.18 Å². The van der Waals surface area contributed by atoms with Crippen molar-refractivity contribution in [2.45, 2.75) is 32.7 Å².